The Morgan fingerprint density at radius 3 is 2.50 bits per heavy atom. The van der Waals surface area contributed by atoms with Crippen LogP contribution in [0.15, 0.2) is 24.4 Å². The van der Waals surface area contributed by atoms with Gasteiger partial charge in [-0.1, -0.05) is 29.3 Å². The minimum absolute atomic E-state index is 0.253. The highest BCUT2D eigenvalue weighted by molar-refractivity contribution is 6.41. The minimum atomic E-state index is -0.317. The Bertz CT molecular complexity index is 588. The maximum absolute atomic E-state index is 12.4. The van der Waals surface area contributed by atoms with Crippen molar-refractivity contribution >= 4 is 29.0 Å². The Kier molecular flexibility index (Phi) is 3.59. The molecule has 0 saturated carbocycles. The van der Waals surface area contributed by atoms with E-state index in [2.05, 4.69) is 5.10 Å². The molecule has 0 atom stereocenters. The summed E-state index contributed by atoms with van der Waals surface area (Å²) in [5.74, 6) is 0.0703. The molecule has 6 heteroatoms. The molecule has 0 aliphatic rings. The average Bonchev–Trinajstić information content (AvgIpc) is 2.70. The third-order valence-corrected chi connectivity index (χ3v) is 3.16. The number of hydrogen-bond donors (Lipinski definition) is 0. The van der Waals surface area contributed by atoms with Gasteiger partial charge in [0.15, 0.2) is 11.4 Å². The third-order valence-electron chi connectivity index (χ3n) is 2.53. The summed E-state index contributed by atoms with van der Waals surface area (Å²) in [7, 11) is 3.13. The Morgan fingerprint density at radius 1 is 1.33 bits per heavy atom. The summed E-state index contributed by atoms with van der Waals surface area (Å²) in [5, 5.41) is 4.58. The predicted octanol–water partition coefficient (Wildman–Crippen LogP) is 2.97. The average molecular weight is 285 g/mol. The standard InChI is InChI=1S/C12H10Cl2N2O2/c1-16-11(9(18-2)6-15-16)12(17)10-7(13)4-3-5-8(10)14/h3-6H,1-2H3. The Labute approximate surface area is 114 Å². The van der Waals surface area contributed by atoms with E-state index in [-0.39, 0.29) is 11.3 Å². The summed E-state index contributed by atoms with van der Waals surface area (Å²) < 4.78 is 6.53. The van der Waals surface area contributed by atoms with Gasteiger partial charge in [0.25, 0.3) is 0 Å². The summed E-state index contributed by atoms with van der Waals surface area (Å²) in [6.45, 7) is 0. The fourth-order valence-corrected chi connectivity index (χ4v) is 2.23. The SMILES string of the molecule is COc1cnn(C)c1C(=O)c1c(Cl)cccc1Cl. The molecule has 0 N–H and O–H groups in total. The number of ketones is 1. The van der Waals surface area contributed by atoms with Gasteiger partial charge in [0.2, 0.25) is 5.78 Å². The smallest absolute Gasteiger partial charge is 0.217 e. The van der Waals surface area contributed by atoms with Gasteiger partial charge in [-0.25, -0.2) is 0 Å². The second kappa shape index (κ2) is 5.00. The van der Waals surface area contributed by atoms with E-state index < -0.39 is 0 Å². The van der Waals surface area contributed by atoms with E-state index in [4.69, 9.17) is 27.9 Å². The first-order valence-corrected chi connectivity index (χ1v) is 5.86. The Balaban J connectivity index is 2.58. The number of rotatable bonds is 3. The van der Waals surface area contributed by atoms with Crippen LogP contribution in [0.3, 0.4) is 0 Å². The second-order valence-corrected chi connectivity index (χ2v) is 4.43. The van der Waals surface area contributed by atoms with E-state index in [1.54, 1.807) is 25.2 Å². The maximum Gasteiger partial charge on any atom is 0.217 e. The maximum atomic E-state index is 12.4. The third kappa shape index (κ3) is 2.09. The van der Waals surface area contributed by atoms with E-state index in [1.165, 1.54) is 18.0 Å². The van der Waals surface area contributed by atoms with Gasteiger partial charge in [-0.2, -0.15) is 5.10 Å². The molecule has 0 spiro atoms. The molecule has 4 nitrogen and oxygen atoms in total. The van der Waals surface area contributed by atoms with Crippen LogP contribution in [0, 0.1) is 0 Å². The molecule has 18 heavy (non-hydrogen) atoms. The largest absolute Gasteiger partial charge is 0.493 e. The van der Waals surface area contributed by atoms with E-state index in [0.717, 1.165) is 0 Å². The summed E-state index contributed by atoms with van der Waals surface area (Å²) in [6, 6.07) is 4.91. The van der Waals surface area contributed by atoms with Gasteiger partial charge in [-0.15, -0.1) is 0 Å². The molecule has 1 aromatic heterocycles. The molecule has 0 aliphatic carbocycles. The van der Waals surface area contributed by atoms with Crippen LogP contribution in [0.4, 0.5) is 0 Å². The fraction of sp³-hybridized carbons (Fsp3) is 0.167. The van der Waals surface area contributed by atoms with Crippen LogP contribution in [-0.2, 0) is 7.05 Å². The summed E-state index contributed by atoms with van der Waals surface area (Å²) in [4.78, 5) is 12.4. The van der Waals surface area contributed by atoms with Gasteiger partial charge in [-0.3, -0.25) is 9.48 Å². The van der Waals surface area contributed by atoms with E-state index in [1.807, 2.05) is 0 Å². The highest BCUT2D eigenvalue weighted by Gasteiger charge is 2.23. The topological polar surface area (TPSA) is 44.1 Å². The molecular formula is C12H10Cl2N2O2. The van der Waals surface area contributed by atoms with Gasteiger partial charge in [-0.05, 0) is 12.1 Å². The lowest BCUT2D eigenvalue weighted by Gasteiger charge is -2.07. The van der Waals surface area contributed by atoms with Crippen LogP contribution in [0.2, 0.25) is 10.0 Å². The van der Waals surface area contributed by atoms with E-state index >= 15 is 0 Å². The first-order valence-electron chi connectivity index (χ1n) is 5.11. The monoisotopic (exact) mass is 284 g/mol. The quantitative estimate of drug-likeness (QED) is 0.814. The first-order chi connectivity index (χ1) is 8.56. The number of ether oxygens (including phenoxy) is 1. The molecular weight excluding hydrogens is 275 g/mol. The number of hydrogen-bond acceptors (Lipinski definition) is 3. The second-order valence-electron chi connectivity index (χ2n) is 3.61. The van der Waals surface area contributed by atoms with Crippen LogP contribution in [0.5, 0.6) is 5.75 Å². The van der Waals surface area contributed by atoms with Crippen LogP contribution in [0.1, 0.15) is 16.1 Å². The zero-order valence-electron chi connectivity index (χ0n) is 9.78. The van der Waals surface area contributed by atoms with Crippen molar-refractivity contribution in [3.63, 3.8) is 0 Å². The summed E-state index contributed by atoms with van der Waals surface area (Å²) in [6.07, 6.45) is 1.47. The molecule has 0 bridgehead atoms. The van der Waals surface area contributed by atoms with Crippen LogP contribution < -0.4 is 4.74 Å². The van der Waals surface area contributed by atoms with E-state index in [9.17, 15) is 4.79 Å². The number of methoxy groups -OCH3 is 1. The van der Waals surface area contributed by atoms with Crippen molar-refractivity contribution in [1.29, 1.82) is 0 Å². The lowest BCUT2D eigenvalue weighted by Crippen LogP contribution is -2.10. The van der Waals surface area contributed by atoms with Gasteiger partial charge in [0.05, 0.1) is 28.9 Å². The summed E-state index contributed by atoms with van der Waals surface area (Å²) >= 11 is 12.0. The van der Waals surface area contributed by atoms with Crippen LogP contribution in [-0.4, -0.2) is 22.7 Å². The molecule has 0 aliphatic heterocycles. The molecule has 0 fully saturated rings. The van der Waals surface area contributed by atoms with Gasteiger partial charge >= 0.3 is 0 Å². The zero-order valence-corrected chi connectivity index (χ0v) is 11.3. The van der Waals surface area contributed by atoms with Crippen LogP contribution >= 0.6 is 23.2 Å². The number of nitrogens with zero attached hydrogens (tertiary/aromatic N) is 2. The number of carbonyl (C=O) groups excluding carboxylic acids is 1. The van der Waals surface area contributed by atoms with E-state index in [0.29, 0.717) is 21.5 Å². The summed E-state index contributed by atoms with van der Waals surface area (Å²) in [5.41, 5.74) is 0.565. The van der Waals surface area contributed by atoms with Crippen molar-refractivity contribution in [2.75, 3.05) is 7.11 Å². The van der Waals surface area contributed by atoms with Crippen molar-refractivity contribution in [2.24, 2.45) is 7.05 Å². The van der Waals surface area contributed by atoms with Gasteiger partial charge < -0.3 is 4.74 Å². The van der Waals surface area contributed by atoms with Crippen molar-refractivity contribution in [2.45, 2.75) is 0 Å². The number of aromatic nitrogens is 2. The number of benzene rings is 1. The number of aryl methyl sites for hydroxylation is 1. The number of carbonyl (C=O) groups is 1. The van der Waals surface area contributed by atoms with Crippen molar-refractivity contribution in [3.05, 3.63) is 45.7 Å². The lowest BCUT2D eigenvalue weighted by atomic mass is 10.1. The predicted molar refractivity (Wildman–Crippen MR) is 69.7 cm³/mol. The van der Waals surface area contributed by atoms with Crippen molar-refractivity contribution < 1.29 is 9.53 Å². The number of halogens is 2. The highest BCUT2D eigenvalue weighted by atomic mass is 35.5. The molecule has 2 aromatic rings. The molecule has 2 rings (SSSR count). The molecule has 0 saturated heterocycles. The molecule has 1 heterocycles. The van der Waals surface area contributed by atoms with Crippen molar-refractivity contribution in [1.82, 2.24) is 9.78 Å². The zero-order chi connectivity index (χ0) is 13.3. The fourth-order valence-electron chi connectivity index (χ4n) is 1.66. The molecule has 0 amide bonds. The Hall–Kier alpha value is -1.52. The van der Waals surface area contributed by atoms with Crippen LogP contribution in [0.25, 0.3) is 0 Å². The van der Waals surface area contributed by atoms with Crippen molar-refractivity contribution in [3.8, 4) is 5.75 Å². The molecule has 94 valence electrons. The highest BCUT2D eigenvalue weighted by Crippen LogP contribution is 2.29. The lowest BCUT2D eigenvalue weighted by molar-refractivity contribution is 0.102. The molecule has 0 unspecified atom stereocenters. The Morgan fingerprint density at radius 2 is 1.94 bits per heavy atom. The van der Waals surface area contributed by atoms with Gasteiger partial charge in [0, 0.05) is 7.05 Å². The van der Waals surface area contributed by atoms with Gasteiger partial charge in [0.1, 0.15) is 0 Å². The molecule has 0 radical (unpaired) electrons. The normalized spacial score (nSPS) is 10.4. The minimum Gasteiger partial charge on any atom is -0.493 e. The first kappa shape index (κ1) is 12.9. The molecule has 1 aromatic carbocycles.